The summed E-state index contributed by atoms with van der Waals surface area (Å²) in [6.45, 7) is 2.96. The number of nitrogens with one attached hydrogen (secondary N) is 1. The number of thiocarbonyl (C=S) groups is 1. The number of rotatable bonds is 8. The number of hydrogen-bond donors (Lipinski definition) is 1. The summed E-state index contributed by atoms with van der Waals surface area (Å²) in [5.74, 6) is 1.69. The van der Waals surface area contributed by atoms with Crippen molar-refractivity contribution in [3.05, 3.63) is 58.0 Å². The number of hydrogen-bond acceptors (Lipinski definition) is 6. The molecule has 152 valence electrons. The third kappa shape index (κ3) is 5.88. The first-order valence-electron chi connectivity index (χ1n) is 8.89. The van der Waals surface area contributed by atoms with Gasteiger partial charge in [0.1, 0.15) is 10.1 Å². The Bertz CT molecular complexity index is 934. The summed E-state index contributed by atoms with van der Waals surface area (Å²) < 4.78 is 17.5. The van der Waals surface area contributed by atoms with Crippen molar-refractivity contribution < 1.29 is 19.0 Å². The molecule has 2 aromatic rings. The van der Waals surface area contributed by atoms with Crippen LogP contribution in [0.4, 0.5) is 0 Å². The number of halogens is 1. The van der Waals surface area contributed by atoms with Gasteiger partial charge in [0.05, 0.1) is 30.3 Å². The highest BCUT2D eigenvalue weighted by atomic mass is 35.5. The first-order chi connectivity index (χ1) is 14.0. The summed E-state index contributed by atoms with van der Waals surface area (Å²) in [5, 5.41) is 2.99. The third-order valence-electron chi connectivity index (χ3n) is 3.98. The van der Waals surface area contributed by atoms with Crippen LogP contribution >= 0.6 is 35.6 Å². The van der Waals surface area contributed by atoms with Crippen molar-refractivity contribution in [2.45, 2.75) is 6.92 Å². The maximum absolute atomic E-state index is 11.8. The van der Waals surface area contributed by atoms with E-state index in [9.17, 15) is 4.79 Å². The Balaban J connectivity index is 1.65. The SMILES string of the molecule is COc1cc(/C=C2\SC(=S)NC2=O)cc(Cl)c1OC[C@@H](C)COc1ccccc1. The number of ether oxygens (including phenoxy) is 3. The second-order valence-electron chi connectivity index (χ2n) is 6.43. The van der Waals surface area contributed by atoms with Gasteiger partial charge in [0.2, 0.25) is 0 Å². The van der Waals surface area contributed by atoms with Crippen LogP contribution in [-0.2, 0) is 4.79 Å². The van der Waals surface area contributed by atoms with E-state index < -0.39 is 0 Å². The fourth-order valence-corrected chi connectivity index (χ4v) is 3.88. The fraction of sp³-hybridized carbons (Fsp3) is 0.238. The Morgan fingerprint density at radius 2 is 1.93 bits per heavy atom. The normalized spacial score (nSPS) is 15.9. The Kier molecular flexibility index (Phi) is 7.41. The van der Waals surface area contributed by atoms with Crippen molar-refractivity contribution in [1.29, 1.82) is 0 Å². The second kappa shape index (κ2) is 10.0. The van der Waals surface area contributed by atoms with Crippen molar-refractivity contribution in [2.24, 2.45) is 5.92 Å². The van der Waals surface area contributed by atoms with Gasteiger partial charge < -0.3 is 19.5 Å². The van der Waals surface area contributed by atoms with E-state index in [0.717, 1.165) is 11.3 Å². The molecule has 3 rings (SSSR count). The van der Waals surface area contributed by atoms with Crippen LogP contribution in [0, 0.1) is 5.92 Å². The molecule has 8 heteroatoms. The molecule has 1 aliphatic heterocycles. The molecule has 29 heavy (non-hydrogen) atoms. The lowest BCUT2D eigenvalue weighted by molar-refractivity contribution is -0.115. The van der Waals surface area contributed by atoms with E-state index in [1.165, 1.54) is 11.8 Å². The van der Waals surface area contributed by atoms with E-state index in [1.54, 1.807) is 25.3 Å². The maximum Gasteiger partial charge on any atom is 0.263 e. The predicted molar refractivity (Wildman–Crippen MR) is 121 cm³/mol. The number of para-hydroxylation sites is 1. The van der Waals surface area contributed by atoms with Gasteiger partial charge in [-0.05, 0) is 35.9 Å². The van der Waals surface area contributed by atoms with Crippen molar-refractivity contribution in [1.82, 2.24) is 5.32 Å². The zero-order valence-electron chi connectivity index (χ0n) is 15.9. The molecule has 2 aromatic carbocycles. The quantitative estimate of drug-likeness (QED) is 0.455. The van der Waals surface area contributed by atoms with Crippen LogP contribution in [0.25, 0.3) is 6.08 Å². The van der Waals surface area contributed by atoms with E-state index >= 15 is 0 Å². The Morgan fingerprint density at radius 3 is 2.59 bits per heavy atom. The van der Waals surface area contributed by atoms with Crippen molar-refractivity contribution in [2.75, 3.05) is 20.3 Å². The number of amides is 1. The van der Waals surface area contributed by atoms with Gasteiger partial charge in [0, 0.05) is 5.92 Å². The summed E-state index contributed by atoms with van der Waals surface area (Å²) in [5.41, 5.74) is 0.724. The minimum Gasteiger partial charge on any atom is -0.493 e. The zero-order chi connectivity index (χ0) is 20.8. The highest BCUT2D eigenvalue weighted by Gasteiger charge is 2.22. The zero-order valence-corrected chi connectivity index (χ0v) is 18.3. The predicted octanol–water partition coefficient (Wildman–Crippen LogP) is 4.93. The Labute approximate surface area is 184 Å². The molecule has 0 spiro atoms. The molecule has 1 aliphatic rings. The Morgan fingerprint density at radius 1 is 1.21 bits per heavy atom. The number of carbonyl (C=O) groups is 1. The number of methoxy groups -OCH3 is 1. The van der Waals surface area contributed by atoms with Crippen LogP contribution < -0.4 is 19.5 Å². The number of carbonyl (C=O) groups excluding carboxylic acids is 1. The van der Waals surface area contributed by atoms with Crippen molar-refractivity contribution in [3.8, 4) is 17.2 Å². The second-order valence-corrected chi connectivity index (χ2v) is 8.55. The largest absolute Gasteiger partial charge is 0.493 e. The molecule has 1 N–H and O–H groups in total. The molecular weight excluding hydrogens is 430 g/mol. The van der Waals surface area contributed by atoms with Crippen LogP contribution in [-0.4, -0.2) is 30.6 Å². The molecule has 1 fully saturated rings. The molecule has 1 atom stereocenters. The monoisotopic (exact) mass is 449 g/mol. The summed E-state index contributed by atoms with van der Waals surface area (Å²) in [6, 6.07) is 13.1. The lowest BCUT2D eigenvalue weighted by atomic mass is 10.1. The van der Waals surface area contributed by atoms with Gasteiger partial charge >= 0.3 is 0 Å². The maximum atomic E-state index is 11.8. The van der Waals surface area contributed by atoms with Gasteiger partial charge in [-0.3, -0.25) is 4.79 Å². The van der Waals surface area contributed by atoms with E-state index in [1.807, 2.05) is 37.3 Å². The van der Waals surface area contributed by atoms with Gasteiger partial charge in [-0.1, -0.05) is 60.7 Å². The molecule has 0 radical (unpaired) electrons. The third-order valence-corrected chi connectivity index (χ3v) is 5.42. The highest BCUT2D eigenvalue weighted by Crippen LogP contribution is 2.38. The van der Waals surface area contributed by atoms with E-state index in [-0.39, 0.29) is 11.8 Å². The van der Waals surface area contributed by atoms with Gasteiger partial charge in [0.25, 0.3) is 5.91 Å². The molecular formula is C21H20ClNO4S2. The molecule has 5 nitrogen and oxygen atoms in total. The van der Waals surface area contributed by atoms with Gasteiger partial charge in [-0.25, -0.2) is 0 Å². The molecule has 1 heterocycles. The molecule has 0 aromatic heterocycles. The summed E-state index contributed by atoms with van der Waals surface area (Å²) >= 11 is 12.6. The van der Waals surface area contributed by atoms with Crippen LogP contribution in [0.2, 0.25) is 5.02 Å². The summed E-state index contributed by atoms with van der Waals surface area (Å²) in [4.78, 5) is 12.4. The molecule has 0 saturated carbocycles. The Hall–Kier alpha value is -2.22. The average Bonchev–Trinajstić information content (AvgIpc) is 3.02. The van der Waals surface area contributed by atoms with E-state index in [4.69, 9.17) is 38.0 Å². The molecule has 0 aliphatic carbocycles. The summed E-state index contributed by atoms with van der Waals surface area (Å²) in [7, 11) is 1.55. The average molecular weight is 450 g/mol. The summed E-state index contributed by atoms with van der Waals surface area (Å²) in [6.07, 6.45) is 1.72. The highest BCUT2D eigenvalue weighted by molar-refractivity contribution is 8.26. The smallest absolute Gasteiger partial charge is 0.263 e. The van der Waals surface area contributed by atoms with Crippen molar-refractivity contribution >= 4 is 51.9 Å². The van der Waals surface area contributed by atoms with Gasteiger partial charge in [-0.2, -0.15) is 0 Å². The first kappa shape index (κ1) is 21.5. The van der Waals surface area contributed by atoms with Gasteiger partial charge in [0.15, 0.2) is 11.5 Å². The first-order valence-corrected chi connectivity index (χ1v) is 10.5. The minimum absolute atomic E-state index is 0.136. The van der Waals surface area contributed by atoms with E-state index in [2.05, 4.69) is 5.32 Å². The topological polar surface area (TPSA) is 56.8 Å². The van der Waals surface area contributed by atoms with Crippen molar-refractivity contribution in [3.63, 3.8) is 0 Å². The lowest BCUT2D eigenvalue weighted by Crippen LogP contribution is -2.17. The van der Waals surface area contributed by atoms with Crippen LogP contribution in [0.5, 0.6) is 17.2 Å². The van der Waals surface area contributed by atoms with Crippen LogP contribution in [0.1, 0.15) is 12.5 Å². The molecule has 0 bridgehead atoms. The molecule has 0 unspecified atom stereocenters. The number of benzene rings is 2. The number of thioether (sulfide) groups is 1. The van der Waals surface area contributed by atoms with Crippen LogP contribution in [0.15, 0.2) is 47.4 Å². The van der Waals surface area contributed by atoms with E-state index in [0.29, 0.717) is 39.0 Å². The van der Waals surface area contributed by atoms with Gasteiger partial charge in [-0.15, -0.1) is 0 Å². The van der Waals surface area contributed by atoms with Crippen LogP contribution in [0.3, 0.4) is 0 Å². The molecule has 1 saturated heterocycles. The fourth-order valence-electron chi connectivity index (χ4n) is 2.56. The minimum atomic E-state index is -0.220. The molecule has 1 amide bonds. The lowest BCUT2D eigenvalue weighted by Gasteiger charge is -2.17. The standard InChI is InChI=1S/C21H20ClNO4S2/c1-13(11-26-15-6-4-3-5-7-15)12-27-19-16(22)8-14(9-17(19)25-2)10-18-20(24)23-21(28)29-18/h3-10,13H,11-12H2,1-2H3,(H,23,24,28)/b18-10-/t13-/m0/s1.